The highest BCUT2D eigenvalue weighted by Crippen LogP contribution is 2.27. The molecule has 0 bridgehead atoms. The summed E-state index contributed by atoms with van der Waals surface area (Å²) < 4.78 is 4.38. The van der Waals surface area contributed by atoms with Crippen LogP contribution < -0.4 is 5.32 Å². The molecular formula is C14H12N4S. The van der Waals surface area contributed by atoms with Gasteiger partial charge in [-0.1, -0.05) is 24.3 Å². The van der Waals surface area contributed by atoms with Crippen molar-refractivity contribution in [1.29, 1.82) is 0 Å². The molecule has 0 amide bonds. The zero-order chi connectivity index (χ0) is 12.7. The van der Waals surface area contributed by atoms with E-state index in [2.05, 4.69) is 31.8 Å². The lowest BCUT2D eigenvalue weighted by Crippen LogP contribution is -1.99. The highest BCUT2D eigenvalue weighted by atomic mass is 32.1. The van der Waals surface area contributed by atoms with Crippen LogP contribution in [0.4, 0.5) is 5.13 Å². The number of fused-ring (bicyclic) bond motifs is 1. The van der Waals surface area contributed by atoms with Crippen LogP contribution >= 0.6 is 11.5 Å². The lowest BCUT2D eigenvalue weighted by molar-refractivity contribution is 1.13. The summed E-state index contributed by atoms with van der Waals surface area (Å²) in [4.78, 5) is 9.11. The van der Waals surface area contributed by atoms with E-state index in [1.807, 2.05) is 24.3 Å². The molecule has 1 fully saturated rings. The number of para-hydroxylation sites is 1. The van der Waals surface area contributed by atoms with Crippen LogP contribution in [-0.2, 0) is 0 Å². The molecule has 2 aromatic heterocycles. The molecule has 0 atom stereocenters. The number of hydrogen-bond acceptors (Lipinski definition) is 5. The minimum Gasteiger partial charge on any atom is -0.358 e. The van der Waals surface area contributed by atoms with Gasteiger partial charge in [-0.05, 0) is 25.0 Å². The van der Waals surface area contributed by atoms with Crippen LogP contribution in [0.15, 0.2) is 36.4 Å². The van der Waals surface area contributed by atoms with Gasteiger partial charge < -0.3 is 5.32 Å². The summed E-state index contributed by atoms with van der Waals surface area (Å²) in [6, 6.07) is 12.7. The van der Waals surface area contributed by atoms with Gasteiger partial charge in [0.15, 0.2) is 5.82 Å². The quantitative estimate of drug-likeness (QED) is 0.791. The Morgan fingerprint density at radius 2 is 1.95 bits per heavy atom. The van der Waals surface area contributed by atoms with Crippen molar-refractivity contribution in [2.45, 2.75) is 18.9 Å². The van der Waals surface area contributed by atoms with Crippen LogP contribution in [0.25, 0.3) is 22.4 Å². The third-order valence-electron chi connectivity index (χ3n) is 3.16. The highest BCUT2D eigenvalue weighted by Gasteiger charge is 2.22. The fraction of sp³-hybridized carbons (Fsp3) is 0.214. The first kappa shape index (κ1) is 10.9. The number of nitrogens with one attached hydrogen (secondary N) is 1. The van der Waals surface area contributed by atoms with E-state index in [1.165, 1.54) is 24.4 Å². The predicted octanol–water partition coefficient (Wildman–Crippen LogP) is 3.33. The lowest BCUT2D eigenvalue weighted by atomic mass is 10.2. The Bertz CT molecular complexity index is 733. The maximum atomic E-state index is 4.61. The highest BCUT2D eigenvalue weighted by molar-refractivity contribution is 7.09. The normalized spacial score (nSPS) is 14.7. The summed E-state index contributed by atoms with van der Waals surface area (Å²) in [6.07, 6.45) is 2.48. The van der Waals surface area contributed by atoms with Crippen LogP contribution in [0.1, 0.15) is 12.8 Å². The second-order valence-electron chi connectivity index (χ2n) is 4.73. The van der Waals surface area contributed by atoms with Gasteiger partial charge >= 0.3 is 0 Å². The number of anilines is 1. The predicted molar refractivity (Wildman–Crippen MR) is 77.3 cm³/mol. The molecule has 4 nitrogen and oxygen atoms in total. The van der Waals surface area contributed by atoms with Crippen LogP contribution in [0.3, 0.4) is 0 Å². The molecule has 94 valence electrons. The standard InChI is InChI=1S/C14H12N4S/c1-2-4-11-9(3-1)5-8-12(16-11)13-17-14(19-18-13)15-10-6-7-10/h1-5,8,10H,6-7H2,(H,15,17,18). The molecule has 0 aliphatic heterocycles. The molecular weight excluding hydrogens is 256 g/mol. The molecule has 1 aliphatic carbocycles. The smallest absolute Gasteiger partial charge is 0.203 e. The van der Waals surface area contributed by atoms with Crippen LogP contribution in [0, 0.1) is 0 Å². The Hall–Kier alpha value is -2.01. The minimum atomic E-state index is 0.602. The third-order valence-corrected chi connectivity index (χ3v) is 3.80. The van der Waals surface area contributed by atoms with Gasteiger partial charge in [-0.2, -0.15) is 9.36 Å². The molecule has 1 aliphatic rings. The molecule has 5 heteroatoms. The molecule has 2 heterocycles. The van der Waals surface area contributed by atoms with Gasteiger partial charge in [0.25, 0.3) is 0 Å². The molecule has 1 N–H and O–H groups in total. The fourth-order valence-corrected chi connectivity index (χ4v) is 2.63. The first-order valence-electron chi connectivity index (χ1n) is 6.35. The molecule has 0 spiro atoms. The minimum absolute atomic E-state index is 0.602. The Kier molecular flexibility index (Phi) is 2.45. The van der Waals surface area contributed by atoms with E-state index in [0.717, 1.165) is 21.7 Å². The van der Waals surface area contributed by atoms with E-state index in [0.29, 0.717) is 11.9 Å². The van der Waals surface area contributed by atoms with E-state index in [4.69, 9.17) is 0 Å². The summed E-state index contributed by atoms with van der Waals surface area (Å²) in [5, 5.41) is 5.39. The Morgan fingerprint density at radius 1 is 1.05 bits per heavy atom. The molecule has 0 radical (unpaired) electrons. The van der Waals surface area contributed by atoms with E-state index in [-0.39, 0.29) is 0 Å². The van der Waals surface area contributed by atoms with Crippen molar-refractivity contribution in [3.63, 3.8) is 0 Å². The van der Waals surface area contributed by atoms with Crippen LogP contribution in [-0.4, -0.2) is 20.4 Å². The SMILES string of the molecule is c1ccc2nc(-c3nsc(NC4CC4)n3)ccc2c1. The van der Waals surface area contributed by atoms with Gasteiger partial charge in [-0.3, -0.25) is 0 Å². The maximum absolute atomic E-state index is 4.61. The Labute approximate surface area is 114 Å². The Morgan fingerprint density at radius 3 is 2.84 bits per heavy atom. The summed E-state index contributed by atoms with van der Waals surface area (Å²) in [5.41, 5.74) is 1.81. The zero-order valence-electron chi connectivity index (χ0n) is 10.2. The molecule has 0 unspecified atom stereocenters. The lowest BCUT2D eigenvalue weighted by Gasteiger charge is -1.99. The van der Waals surface area contributed by atoms with Crippen molar-refractivity contribution in [2.75, 3.05) is 5.32 Å². The topological polar surface area (TPSA) is 50.7 Å². The van der Waals surface area contributed by atoms with Crippen molar-refractivity contribution in [3.8, 4) is 11.5 Å². The molecule has 4 rings (SSSR count). The van der Waals surface area contributed by atoms with E-state index in [1.54, 1.807) is 0 Å². The van der Waals surface area contributed by atoms with E-state index in [9.17, 15) is 0 Å². The zero-order valence-corrected chi connectivity index (χ0v) is 11.0. The summed E-state index contributed by atoms with van der Waals surface area (Å²) in [5.74, 6) is 0.707. The third kappa shape index (κ3) is 2.17. The number of rotatable bonds is 3. The molecule has 1 saturated carbocycles. The number of aromatic nitrogens is 3. The first-order valence-corrected chi connectivity index (χ1v) is 7.12. The van der Waals surface area contributed by atoms with Crippen LogP contribution in [0.5, 0.6) is 0 Å². The molecule has 0 saturated heterocycles. The van der Waals surface area contributed by atoms with Crippen molar-refractivity contribution in [1.82, 2.24) is 14.3 Å². The fourth-order valence-electron chi connectivity index (χ4n) is 1.98. The van der Waals surface area contributed by atoms with Gasteiger partial charge in [-0.15, -0.1) is 0 Å². The maximum Gasteiger partial charge on any atom is 0.203 e. The molecule has 3 aromatic rings. The largest absolute Gasteiger partial charge is 0.358 e. The number of hydrogen-bond donors (Lipinski definition) is 1. The van der Waals surface area contributed by atoms with Gasteiger partial charge in [0.1, 0.15) is 5.69 Å². The van der Waals surface area contributed by atoms with Crippen molar-refractivity contribution in [2.24, 2.45) is 0 Å². The monoisotopic (exact) mass is 268 g/mol. The number of pyridine rings is 1. The van der Waals surface area contributed by atoms with E-state index < -0.39 is 0 Å². The average Bonchev–Trinajstić information content (AvgIpc) is 3.14. The number of benzene rings is 1. The molecule has 1 aromatic carbocycles. The van der Waals surface area contributed by atoms with Crippen molar-refractivity contribution in [3.05, 3.63) is 36.4 Å². The summed E-state index contributed by atoms with van der Waals surface area (Å²) in [7, 11) is 0. The van der Waals surface area contributed by atoms with Crippen LogP contribution in [0.2, 0.25) is 0 Å². The second-order valence-corrected chi connectivity index (χ2v) is 5.48. The first-order chi connectivity index (χ1) is 9.38. The van der Waals surface area contributed by atoms with Gasteiger partial charge in [0.05, 0.1) is 5.52 Å². The Balaban J connectivity index is 1.70. The summed E-state index contributed by atoms with van der Waals surface area (Å²) in [6.45, 7) is 0. The van der Waals surface area contributed by atoms with Crippen molar-refractivity contribution >= 4 is 27.6 Å². The van der Waals surface area contributed by atoms with Gasteiger partial charge in [0, 0.05) is 23.0 Å². The second kappa shape index (κ2) is 4.28. The van der Waals surface area contributed by atoms with Gasteiger partial charge in [0.2, 0.25) is 5.13 Å². The average molecular weight is 268 g/mol. The molecule has 19 heavy (non-hydrogen) atoms. The summed E-state index contributed by atoms with van der Waals surface area (Å²) >= 11 is 1.41. The van der Waals surface area contributed by atoms with E-state index >= 15 is 0 Å². The van der Waals surface area contributed by atoms with Crippen molar-refractivity contribution < 1.29 is 0 Å². The van der Waals surface area contributed by atoms with Gasteiger partial charge in [-0.25, -0.2) is 4.98 Å². The number of nitrogens with zero attached hydrogens (tertiary/aromatic N) is 3.